The molecule has 1 aliphatic rings. The predicted molar refractivity (Wildman–Crippen MR) is 77.4 cm³/mol. The lowest BCUT2D eigenvalue weighted by atomic mass is 9.94. The molecular formula is C14H24N2OS. The first-order valence-electron chi connectivity index (χ1n) is 7.05. The second-order valence-corrected chi connectivity index (χ2v) is 6.21. The van der Waals surface area contributed by atoms with Gasteiger partial charge in [-0.05, 0) is 33.6 Å². The molecule has 1 saturated carbocycles. The molecule has 1 aromatic heterocycles. The van der Waals surface area contributed by atoms with Crippen molar-refractivity contribution in [3.8, 4) is 0 Å². The van der Waals surface area contributed by atoms with Gasteiger partial charge < -0.3 is 10.0 Å². The predicted octanol–water partition coefficient (Wildman–Crippen LogP) is 3.66. The summed E-state index contributed by atoms with van der Waals surface area (Å²) in [4.78, 5) is 8.11. The van der Waals surface area contributed by atoms with E-state index in [0.29, 0.717) is 6.04 Å². The number of aryl methyl sites for hydroxylation is 1. The summed E-state index contributed by atoms with van der Waals surface area (Å²) in [6, 6.07) is 0.649. The van der Waals surface area contributed by atoms with Crippen LogP contribution in [0.5, 0.6) is 0 Å². The first kappa shape index (κ1) is 13.8. The Bertz CT molecular complexity index is 383. The molecule has 1 fully saturated rings. The molecule has 1 heterocycles. The van der Waals surface area contributed by atoms with Gasteiger partial charge in [-0.1, -0.05) is 30.6 Å². The van der Waals surface area contributed by atoms with E-state index in [1.165, 1.54) is 32.1 Å². The van der Waals surface area contributed by atoms with Crippen LogP contribution in [0.15, 0.2) is 0 Å². The highest BCUT2D eigenvalue weighted by molar-refractivity contribution is 7.15. The normalized spacial score (nSPS) is 18.9. The van der Waals surface area contributed by atoms with E-state index in [-0.39, 0.29) is 0 Å². The Hall–Kier alpha value is -0.610. The number of aliphatic hydroxyl groups excluding tert-OH is 1. The van der Waals surface area contributed by atoms with Crippen LogP contribution < -0.4 is 4.90 Å². The summed E-state index contributed by atoms with van der Waals surface area (Å²) in [7, 11) is 0. The molecule has 3 nitrogen and oxygen atoms in total. The van der Waals surface area contributed by atoms with Crippen LogP contribution in [0.3, 0.4) is 0 Å². The number of nitrogens with zero attached hydrogens (tertiary/aromatic N) is 2. The minimum absolute atomic E-state index is 0.402. The first-order chi connectivity index (χ1) is 8.63. The van der Waals surface area contributed by atoms with Gasteiger partial charge in [-0.2, -0.15) is 0 Å². The number of thiazole rings is 1. The van der Waals surface area contributed by atoms with Crippen LogP contribution in [-0.4, -0.2) is 22.7 Å². The van der Waals surface area contributed by atoms with Crippen molar-refractivity contribution in [1.29, 1.82) is 0 Å². The van der Waals surface area contributed by atoms with Crippen LogP contribution in [0.1, 0.15) is 62.6 Å². The van der Waals surface area contributed by atoms with Crippen LogP contribution in [0.4, 0.5) is 5.13 Å². The molecule has 1 aromatic rings. The lowest BCUT2D eigenvalue weighted by Crippen LogP contribution is -2.36. The van der Waals surface area contributed by atoms with Crippen LogP contribution >= 0.6 is 11.3 Å². The van der Waals surface area contributed by atoms with Crippen molar-refractivity contribution >= 4 is 16.5 Å². The highest BCUT2D eigenvalue weighted by Gasteiger charge is 2.24. The molecule has 1 N–H and O–H groups in total. The molecule has 0 bridgehead atoms. The second kappa shape index (κ2) is 6.02. The number of hydrogen-bond donors (Lipinski definition) is 1. The zero-order chi connectivity index (χ0) is 13.1. The zero-order valence-electron chi connectivity index (χ0n) is 11.6. The molecule has 4 heteroatoms. The van der Waals surface area contributed by atoms with Crippen molar-refractivity contribution < 1.29 is 5.11 Å². The lowest BCUT2D eigenvalue weighted by molar-refractivity contribution is 0.202. The summed E-state index contributed by atoms with van der Waals surface area (Å²) in [5.41, 5.74) is 0.985. The highest BCUT2D eigenvalue weighted by atomic mass is 32.1. The van der Waals surface area contributed by atoms with E-state index in [1.807, 2.05) is 13.8 Å². The largest absolute Gasteiger partial charge is 0.388 e. The molecule has 1 atom stereocenters. The van der Waals surface area contributed by atoms with Crippen LogP contribution in [-0.2, 0) is 0 Å². The third-order valence-corrected chi connectivity index (χ3v) is 5.17. The van der Waals surface area contributed by atoms with Crippen molar-refractivity contribution in [2.24, 2.45) is 0 Å². The van der Waals surface area contributed by atoms with E-state index in [9.17, 15) is 5.11 Å². The number of anilines is 1. The number of aliphatic hydroxyl groups is 1. The highest BCUT2D eigenvalue weighted by Crippen LogP contribution is 2.34. The fourth-order valence-electron chi connectivity index (χ4n) is 2.85. The van der Waals surface area contributed by atoms with Gasteiger partial charge in [0.05, 0.1) is 16.7 Å². The average molecular weight is 268 g/mol. The third kappa shape index (κ3) is 2.86. The number of rotatable bonds is 4. The topological polar surface area (TPSA) is 36.4 Å². The molecule has 102 valence electrons. The van der Waals surface area contributed by atoms with E-state index in [2.05, 4.69) is 16.8 Å². The summed E-state index contributed by atoms with van der Waals surface area (Å²) >= 11 is 1.66. The average Bonchev–Trinajstić information content (AvgIpc) is 2.74. The Kier molecular flexibility index (Phi) is 4.62. The van der Waals surface area contributed by atoms with E-state index in [4.69, 9.17) is 0 Å². The van der Waals surface area contributed by atoms with E-state index >= 15 is 0 Å². The van der Waals surface area contributed by atoms with Crippen LogP contribution in [0.25, 0.3) is 0 Å². The van der Waals surface area contributed by atoms with Gasteiger partial charge in [0.1, 0.15) is 0 Å². The third-order valence-electron chi connectivity index (χ3n) is 3.80. The second-order valence-electron chi connectivity index (χ2n) is 5.20. The maximum Gasteiger partial charge on any atom is 0.186 e. The fourth-order valence-corrected chi connectivity index (χ4v) is 3.98. The molecule has 0 saturated heterocycles. The smallest absolute Gasteiger partial charge is 0.186 e. The fraction of sp³-hybridized carbons (Fsp3) is 0.786. The van der Waals surface area contributed by atoms with Gasteiger partial charge in [-0.25, -0.2) is 4.98 Å². The van der Waals surface area contributed by atoms with E-state index in [1.54, 1.807) is 11.3 Å². The van der Waals surface area contributed by atoms with Gasteiger partial charge in [0, 0.05) is 12.6 Å². The maximum absolute atomic E-state index is 9.73. The van der Waals surface area contributed by atoms with Crippen molar-refractivity contribution in [2.45, 2.75) is 65.0 Å². The Balaban J connectivity index is 2.18. The van der Waals surface area contributed by atoms with Gasteiger partial charge in [-0.3, -0.25) is 0 Å². The van der Waals surface area contributed by atoms with Crippen molar-refractivity contribution in [2.75, 3.05) is 11.4 Å². The van der Waals surface area contributed by atoms with Crippen molar-refractivity contribution in [3.63, 3.8) is 0 Å². The number of hydrogen-bond acceptors (Lipinski definition) is 4. The van der Waals surface area contributed by atoms with Crippen LogP contribution in [0.2, 0.25) is 0 Å². The first-order valence-corrected chi connectivity index (χ1v) is 7.87. The Morgan fingerprint density at radius 3 is 2.56 bits per heavy atom. The molecule has 0 amide bonds. The summed E-state index contributed by atoms with van der Waals surface area (Å²) in [6.07, 6.45) is 6.24. The molecule has 1 aliphatic carbocycles. The molecule has 18 heavy (non-hydrogen) atoms. The summed E-state index contributed by atoms with van der Waals surface area (Å²) in [6.45, 7) is 7.03. The Morgan fingerprint density at radius 2 is 2.06 bits per heavy atom. The van der Waals surface area contributed by atoms with Gasteiger partial charge in [0.25, 0.3) is 0 Å². The van der Waals surface area contributed by atoms with Crippen molar-refractivity contribution in [1.82, 2.24) is 4.98 Å². The Morgan fingerprint density at radius 1 is 1.39 bits per heavy atom. The van der Waals surface area contributed by atoms with Gasteiger partial charge in [-0.15, -0.1) is 0 Å². The summed E-state index contributed by atoms with van der Waals surface area (Å²) in [5, 5.41) is 10.8. The monoisotopic (exact) mass is 268 g/mol. The molecule has 0 spiro atoms. The van der Waals surface area contributed by atoms with Crippen LogP contribution in [0, 0.1) is 6.92 Å². The molecule has 0 aromatic carbocycles. The van der Waals surface area contributed by atoms with E-state index < -0.39 is 6.10 Å². The van der Waals surface area contributed by atoms with E-state index in [0.717, 1.165) is 22.2 Å². The molecule has 2 rings (SSSR count). The SMILES string of the molecule is CCN(c1nc(C)c(C(C)O)s1)C1CCCCC1. The Labute approximate surface area is 114 Å². The zero-order valence-corrected chi connectivity index (χ0v) is 12.5. The van der Waals surface area contributed by atoms with Gasteiger partial charge in [0.2, 0.25) is 0 Å². The molecule has 1 unspecified atom stereocenters. The maximum atomic E-state index is 9.73. The molecule has 0 aliphatic heterocycles. The van der Waals surface area contributed by atoms with Gasteiger partial charge in [0.15, 0.2) is 5.13 Å². The van der Waals surface area contributed by atoms with Gasteiger partial charge >= 0.3 is 0 Å². The van der Waals surface area contributed by atoms with Crippen molar-refractivity contribution in [3.05, 3.63) is 10.6 Å². The minimum Gasteiger partial charge on any atom is -0.388 e. The summed E-state index contributed by atoms with van der Waals surface area (Å²) in [5.74, 6) is 0. The summed E-state index contributed by atoms with van der Waals surface area (Å²) < 4.78 is 0. The minimum atomic E-state index is -0.402. The number of aromatic nitrogens is 1. The lowest BCUT2D eigenvalue weighted by Gasteiger charge is -2.33. The standard InChI is InChI=1S/C14H24N2OS/c1-4-16(12-8-6-5-7-9-12)14-15-10(2)13(18-14)11(3)17/h11-12,17H,4-9H2,1-3H3. The molecular weight excluding hydrogens is 244 g/mol. The quantitative estimate of drug-likeness (QED) is 0.905. The molecule has 0 radical (unpaired) electrons.